The Balaban J connectivity index is 1.60. The molecule has 4 heteroatoms. The van der Waals surface area contributed by atoms with Gasteiger partial charge in [-0.15, -0.1) is 11.3 Å². The van der Waals surface area contributed by atoms with Gasteiger partial charge in [0.25, 0.3) is 0 Å². The van der Waals surface area contributed by atoms with E-state index in [1.165, 1.54) is 16.1 Å². The van der Waals surface area contributed by atoms with E-state index < -0.39 is 0 Å². The van der Waals surface area contributed by atoms with Gasteiger partial charge in [0.2, 0.25) is 0 Å². The summed E-state index contributed by atoms with van der Waals surface area (Å²) in [7, 11) is 0. The highest BCUT2D eigenvalue weighted by molar-refractivity contribution is 8.01. The lowest BCUT2D eigenvalue weighted by Gasteiger charge is -2.24. The van der Waals surface area contributed by atoms with E-state index in [4.69, 9.17) is 4.98 Å². The lowest BCUT2D eigenvalue weighted by molar-refractivity contribution is 1.16. The first-order valence-corrected chi connectivity index (χ1v) is 9.56. The fraction of sp³-hybridized carbons (Fsp3) is 0.0500. The van der Waals surface area contributed by atoms with Gasteiger partial charge in [-0.3, -0.25) is 0 Å². The molecule has 0 aliphatic carbocycles. The molecular formula is C20H16N2S2. The molecule has 24 heavy (non-hydrogen) atoms. The van der Waals surface area contributed by atoms with Crippen molar-refractivity contribution in [2.75, 3.05) is 10.8 Å². The van der Waals surface area contributed by atoms with E-state index in [0.29, 0.717) is 0 Å². The van der Waals surface area contributed by atoms with Crippen molar-refractivity contribution in [2.45, 2.75) is 4.34 Å². The number of rotatable bonds is 5. The zero-order valence-electron chi connectivity index (χ0n) is 13.0. The van der Waals surface area contributed by atoms with Crippen LogP contribution in [0, 0.1) is 0 Å². The number of hydrogen-bond donors (Lipinski definition) is 0. The van der Waals surface area contributed by atoms with Crippen molar-refractivity contribution in [1.82, 2.24) is 4.98 Å². The number of thioether (sulfide) groups is 1. The van der Waals surface area contributed by atoms with Gasteiger partial charge in [-0.1, -0.05) is 60.3 Å². The summed E-state index contributed by atoms with van der Waals surface area (Å²) < 4.78 is 2.35. The third-order valence-electron chi connectivity index (χ3n) is 3.73. The first-order valence-electron chi connectivity index (χ1n) is 7.76. The maximum absolute atomic E-state index is 4.73. The van der Waals surface area contributed by atoms with E-state index in [2.05, 4.69) is 71.6 Å². The summed E-state index contributed by atoms with van der Waals surface area (Å²) in [5.74, 6) is 0.827. The van der Waals surface area contributed by atoms with Gasteiger partial charge in [-0.2, -0.15) is 0 Å². The average molecular weight is 348 g/mol. The van der Waals surface area contributed by atoms with Crippen molar-refractivity contribution in [2.24, 2.45) is 0 Å². The summed E-state index contributed by atoms with van der Waals surface area (Å²) >= 11 is 3.53. The minimum Gasteiger partial charge on any atom is -0.331 e. The lowest BCUT2D eigenvalue weighted by Crippen LogP contribution is -2.15. The molecular weight excluding hydrogens is 332 g/mol. The van der Waals surface area contributed by atoms with Crippen LogP contribution in [0.15, 0.2) is 89.3 Å². The fourth-order valence-corrected chi connectivity index (χ4v) is 4.61. The van der Waals surface area contributed by atoms with Crippen LogP contribution in [0.2, 0.25) is 0 Å². The predicted octanol–water partition coefficient (Wildman–Crippen LogP) is 6.18. The maximum Gasteiger partial charge on any atom is 0.152 e. The highest BCUT2D eigenvalue weighted by Gasteiger charge is 2.11. The molecule has 0 radical (unpaired) electrons. The molecule has 0 N–H and O–H groups in total. The van der Waals surface area contributed by atoms with Crippen molar-refractivity contribution >= 4 is 44.7 Å². The molecule has 4 aromatic rings. The Bertz CT molecular complexity index is 847. The minimum absolute atomic E-state index is 0.827. The second kappa shape index (κ2) is 7.07. The Morgan fingerprint density at radius 2 is 1.33 bits per heavy atom. The van der Waals surface area contributed by atoms with E-state index >= 15 is 0 Å². The van der Waals surface area contributed by atoms with Crippen LogP contribution in [0.3, 0.4) is 0 Å². The van der Waals surface area contributed by atoms with Crippen LogP contribution in [0.5, 0.6) is 0 Å². The van der Waals surface area contributed by atoms with E-state index in [1.807, 2.05) is 18.2 Å². The summed E-state index contributed by atoms with van der Waals surface area (Å²) in [5.41, 5.74) is 3.46. The Labute approximate surface area is 149 Å². The molecule has 0 bridgehead atoms. The smallest absolute Gasteiger partial charge is 0.152 e. The van der Waals surface area contributed by atoms with Gasteiger partial charge in [0.15, 0.2) is 4.34 Å². The predicted molar refractivity (Wildman–Crippen MR) is 105 cm³/mol. The van der Waals surface area contributed by atoms with E-state index in [-0.39, 0.29) is 0 Å². The largest absolute Gasteiger partial charge is 0.331 e. The fourth-order valence-electron chi connectivity index (χ4n) is 2.55. The summed E-state index contributed by atoms with van der Waals surface area (Å²) in [6.45, 7) is 0. The molecule has 0 unspecified atom stereocenters. The van der Waals surface area contributed by atoms with Crippen LogP contribution in [0.4, 0.5) is 11.4 Å². The molecule has 1 aromatic heterocycles. The summed E-state index contributed by atoms with van der Waals surface area (Å²) in [6, 6.07) is 29.3. The van der Waals surface area contributed by atoms with Crippen LogP contribution >= 0.6 is 23.1 Å². The molecule has 3 aromatic carbocycles. The van der Waals surface area contributed by atoms with Crippen molar-refractivity contribution in [3.8, 4) is 0 Å². The Hall–Kier alpha value is -2.30. The first kappa shape index (κ1) is 15.2. The number of nitrogens with zero attached hydrogens (tertiary/aromatic N) is 2. The Kier molecular flexibility index (Phi) is 4.49. The van der Waals surface area contributed by atoms with Crippen LogP contribution < -0.4 is 4.90 Å². The molecule has 0 amide bonds. The molecule has 0 saturated carbocycles. The second-order valence-corrected chi connectivity index (χ2v) is 7.54. The Morgan fingerprint density at radius 3 is 1.96 bits per heavy atom. The molecule has 2 nitrogen and oxygen atoms in total. The van der Waals surface area contributed by atoms with Crippen molar-refractivity contribution in [3.05, 3.63) is 84.9 Å². The molecule has 4 rings (SSSR count). The van der Waals surface area contributed by atoms with Crippen LogP contribution in [-0.4, -0.2) is 10.9 Å². The number of aromatic nitrogens is 1. The van der Waals surface area contributed by atoms with Crippen molar-refractivity contribution in [1.29, 1.82) is 0 Å². The van der Waals surface area contributed by atoms with Gasteiger partial charge in [0.1, 0.15) is 0 Å². The van der Waals surface area contributed by atoms with Crippen molar-refractivity contribution in [3.63, 3.8) is 0 Å². The zero-order valence-corrected chi connectivity index (χ0v) is 14.6. The molecule has 0 saturated heterocycles. The zero-order chi connectivity index (χ0) is 16.2. The molecule has 1 heterocycles. The molecule has 0 spiro atoms. The number of fused-ring (bicyclic) bond motifs is 1. The summed E-state index contributed by atoms with van der Waals surface area (Å²) in [6.07, 6.45) is 0. The van der Waals surface area contributed by atoms with Gasteiger partial charge in [0, 0.05) is 11.4 Å². The van der Waals surface area contributed by atoms with Crippen LogP contribution in [0.1, 0.15) is 0 Å². The van der Waals surface area contributed by atoms with Gasteiger partial charge in [0.05, 0.1) is 16.1 Å². The quantitative estimate of drug-likeness (QED) is 0.316. The maximum atomic E-state index is 4.73. The Morgan fingerprint density at radius 1 is 0.750 bits per heavy atom. The van der Waals surface area contributed by atoms with E-state index in [1.54, 1.807) is 23.1 Å². The lowest BCUT2D eigenvalue weighted by atomic mass is 10.2. The van der Waals surface area contributed by atoms with Crippen molar-refractivity contribution < 1.29 is 0 Å². The molecule has 0 aliphatic heterocycles. The third-order valence-corrected chi connectivity index (χ3v) is 5.89. The molecule has 0 atom stereocenters. The van der Waals surface area contributed by atoms with Gasteiger partial charge < -0.3 is 4.90 Å². The number of hydrogen-bond acceptors (Lipinski definition) is 4. The monoisotopic (exact) mass is 348 g/mol. The normalized spacial score (nSPS) is 10.8. The highest BCUT2D eigenvalue weighted by atomic mass is 32.2. The summed E-state index contributed by atoms with van der Waals surface area (Å²) in [4.78, 5) is 7.04. The SMILES string of the molecule is c1ccc(N(CSc2nc3ccccc3s2)c2ccccc2)cc1. The van der Waals surface area contributed by atoms with Crippen LogP contribution in [0.25, 0.3) is 10.2 Å². The van der Waals surface area contributed by atoms with Gasteiger partial charge >= 0.3 is 0 Å². The number of benzene rings is 3. The molecule has 118 valence electrons. The molecule has 0 aliphatic rings. The standard InChI is InChI=1S/C20H16N2S2/c1-3-9-16(10-4-1)22(17-11-5-2-6-12-17)15-23-20-21-18-13-7-8-14-19(18)24-20/h1-14H,15H2. The molecule has 0 fully saturated rings. The highest BCUT2D eigenvalue weighted by Crippen LogP contribution is 2.33. The third kappa shape index (κ3) is 3.30. The number of para-hydroxylation sites is 3. The minimum atomic E-state index is 0.827. The number of thiazole rings is 1. The van der Waals surface area contributed by atoms with Gasteiger partial charge in [-0.25, -0.2) is 4.98 Å². The summed E-state index contributed by atoms with van der Waals surface area (Å²) in [5, 5.41) is 0. The average Bonchev–Trinajstić information content (AvgIpc) is 3.07. The van der Waals surface area contributed by atoms with Gasteiger partial charge in [-0.05, 0) is 36.4 Å². The van der Waals surface area contributed by atoms with Crippen LogP contribution in [-0.2, 0) is 0 Å². The first-order chi connectivity index (χ1) is 11.9. The van der Waals surface area contributed by atoms with E-state index in [0.717, 1.165) is 15.7 Å². The topological polar surface area (TPSA) is 16.1 Å². The second-order valence-electron chi connectivity index (χ2n) is 5.32. The van der Waals surface area contributed by atoms with E-state index in [9.17, 15) is 0 Å². The number of anilines is 2.